The third-order valence-corrected chi connectivity index (χ3v) is 3.04. The van der Waals surface area contributed by atoms with Gasteiger partial charge < -0.3 is 15.2 Å². The lowest BCUT2D eigenvalue weighted by Crippen LogP contribution is -2.27. The molecule has 1 aliphatic heterocycles. The van der Waals surface area contributed by atoms with E-state index in [4.69, 9.17) is 15.2 Å². The Morgan fingerprint density at radius 1 is 1.60 bits per heavy atom. The molecule has 2 unspecified atom stereocenters. The van der Waals surface area contributed by atoms with Gasteiger partial charge in [0.25, 0.3) is 0 Å². The van der Waals surface area contributed by atoms with Gasteiger partial charge >= 0.3 is 0 Å². The summed E-state index contributed by atoms with van der Waals surface area (Å²) in [6, 6.07) is 7.93. The summed E-state index contributed by atoms with van der Waals surface area (Å²) in [4.78, 5) is 0. The highest BCUT2D eigenvalue weighted by atomic mass is 79.9. The summed E-state index contributed by atoms with van der Waals surface area (Å²) in [5.74, 6) is -0.659. The third kappa shape index (κ3) is 2.23. The lowest BCUT2D eigenvalue weighted by molar-refractivity contribution is -0.160. The number of benzene rings is 1. The van der Waals surface area contributed by atoms with Crippen LogP contribution < -0.4 is 5.73 Å². The maximum Gasteiger partial charge on any atom is 0.192 e. The average molecular weight is 272 g/mol. The molecule has 0 bridgehead atoms. The molecule has 0 spiro atoms. The first-order valence-corrected chi connectivity index (χ1v) is 5.71. The zero-order valence-corrected chi connectivity index (χ0v) is 10.2. The Kier molecular flexibility index (Phi) is 3.11. The van der Waals surface area contributed by atoms with E-state index in [1.807, 2.05) is 31.2 Å². The van der Waals surface area contributed by atoms with Crippen LogP contribution in [0.2, 0.25) is 0 Å². The molecule has 0 saturated carbocycles. The fourth-order valence-corrected chi connectivity index (χ4v) is 2.08. The van der Waals surface area contributed by atoms with Crippen LogP contribution in [0.4, 0.5) is 0 Å². The zero-order valence-electron chi connectivity index (χ0n) is 8.57. The quantitative estimate of drug-likeness (QED) is 0.895. The van der Waals surface area contributed by atoms with Gasteiger partial charge in [-0.25, -0.2) is 0 Å². The Balaban J connectivity index is 2.23. The largest absolute Gasteiger partial charge is 0.343 e. The van der Waals surface area contributed by atoms with E-state index in [2.05, 4.69) is 15.9 Å². The first-order valence-electron chi connectivity index (χ1n) is 4.92. The summed E-state index contributed by atoms with van der Waals surface area (Å²) in [5.41, 5.74) is 6.56. The molecular formula is C11H14BrNO2. The highest BCUT2D eigenvalue weighted by Crippen LogP contribution is 2.34. The summed E-state index contributed by atoms with van der Waals surface area (Å²) in [6.45, 7) is 2.97. The lowest BCUT2D eigenvalue weighted by atomic mass is 10.1. The normalized spacial score (nSPS) is 30.7. The van der Waals surface area contributed by atoms with Crippen molar-refractivity contribution in [1.29, 1.82) is 0 Å². The number of ether oxygens (including phenoxy) is 2. The van der Waals surface area contributed by atoms with E-state index in [-0.39, 0.29) is 6.10 Å². The summed E-state index contributed by atoms with van der Waals surface area (Å²) in [6.07, 6.45) is -0.00557. The fraction of sp³-hybridized carbons (Fsp3) is 0.455. The van der Waals surface area contributed by atoms with Crippen LogP contribution in [0.5, 0.6) is 0 Å². The van der Waals surface area contributed by atoms with E-state index in [0.29, 0.717) is 13.2 Å². The Morgan fingerprint density at radius 2 is 2.40 bits per heavy atom. The summed E-state index contributed by atoms with van der Waals surface area (Å²) < 4.78 is 12.5. The minimum absolute atomic E-state index is 0.00557. The van der Waals surface area contributed by atoms with Crippen LogP contribution in [0.1, 0.15) is 12.5 Å². The van der Waals surface area contributed by atoms with Crippen molar-refractivity contribution in [3.8, 4) is 0 Å². The minimum atomic E-state index is -0.659. The van der Waals surface area contributed by atoms with Gasteiger partial charge in [-0.2, -0.15) is 0 Å². The van der Waals surface area contributed by atoms with Crippen molar-refractivity contribution in [2.24, 2.45) is 5.73 Å². The predicted molar refractivity (Wildman–Crippen MR) is 61.4 cm³/mol. The molecule has 4 heteroatoms. The van der Waals surface area contributed by atoms with Gasteiger partial charge in [0.15, 0.2) is 5.79 Å². The molecule has 0 aliphatic carbocycles. The highest BCUT2D eigenvalue weighted by Gasteiger charge is 2.38. The van der Waals surface area contributed by atoms with Crippen LogP contribution in [0, 0.1) is 0 Å². The summed E-state index contributed by atoms with van der Waals surface area (Å²) in [5, 5.41) is 0. The highest BCUT2D eigenvalue weighted by molar-refractivity contribution is 9.10. The zero-order chi connectivity index (χ0) is 10.9. The molecule has 1 saturated heterocycles. The van der Waals surface area contributed by atoms with Crippen LogP contribution in [-0.2, 0) is 15.3 Å². The monoisotopic (exact) mass is 271 g/mol. The molecule has 2 rings (SSSR count). The molecule has 0 amide bonds. The molecule has 1 heterocycles. The van der Waals surface area contributed by atoms with Gasteiger partial charge in [0.05, 0.1) is 12.7 Å². The molecule has 1 aromatic rings. The van der Waals surface area contributed by atoms with E-state index < -0.39 is 5.79 Å². The van der Waals surface area contributed by atoms with E-state index >= 15 is 0 Å². The van der Waals surface area contributed by atoms with E-state index in [1.54, 1.807) is 0 Å². The molecule has 2 atom stereocenters. The number of hydrogen-bond donors (Lipinski definition) is 1. The molecule has 82 valence electrons. The van der Waals surface area contributed by atoms with Crippen molar-refractivity contribution in [2.75, 3.05) is 13.2 Å². The van der Waals surface area contributed by atoms with E-state index in [9.17, 15) is 0 Å². The smallest absolute Gasteiger partial charge is 0.192 e. The van der Waals surface area contributed by atoms with Gasteiger partial charge in [0.2, 0.25) is 0 Å². The second-order valence-electron chi connectivity index (χ2n) is 3.74. The fourth-order valence-electron chi connectivity index (χ4n) is 1.68. The van der Waals surface area contributed by atoms with Crippen molar-refractivity contribution in [3.05, 3.63) is 34.3 Å². The van der Waals surface area contributed by atoms with E-state index in [0.717, 1.165) is 10.0 Å². The number of hydrogen-bond acceptors (Lipinski definition) is 3. The predicted octanol–water partition coefficient (Wildman–Crippen LogP) is 2.00. The van der Waals surface area contributed by atoms with Gasteiger partial charge in [0, 0.05) is 16.6 Å². The molecule has 0 radical (unpaired) electrons. The second-order valence-corrected chi connectivity index (χ2v) is 4.66. The third-order valence-electron chi connectivity index (χ3n) is 2.55. The van der Waals surface area contributed by atoms with Gasteiger partial charge in [-0.3, -0.25) is 0 Å². The van der Waals surface area contributed by atoms with Crippen LogP contribution in [0.3, 0.4) is 0 Å². The minimum Gasteiger partial charge on any atom is -0.343 e. The Hall–Kier alpha value is -0.420. The number of halogens is 1. The maximum atomic E-state index is 5.77. The Morgan fingerprint density at radius 3 is 3.00 bits per heavy atom. The van der Waals surface area contributed by atoms with Gasteiger partial charge in [0.1, 0.15) is 0 Å². The van der Waals surface area contributed by atoms with Crippen LogP contribution in [0.25, 0.3) is 0 Å². The van der Waals surface area contributed by atoms with Gasteiger partial charge in [-0.1, -0.05) is 28.1 Å². The molecular weight excluding hydrogens is 258 g/mol. The Bertz CT molecular complexity index is 358. The van der Waals surface area contributed by atoms with Crippen molar-refractivity contribution in [1.82, 2.24) is 0 Å². The first kappa shape index (κ1) is 11.1. The van der Waals surface area contributed by atoms with Crippen LogP contribution >= 0.6 is 15.9 Å². The van der Waals surface area contributed by atoms with Crippen LogP contribution in [-0.4, -0.2) is 19.3 Å². The molecule has 1 fully saturated rings. The van der Waals surface area contributed by atoms with Crippen molar-refractivity contribution in [3.63, 3.8) is 0 Å². The Labute approximate surface area is 97.7 Å². The van der Waals surface area contributed by atoms with Crippen molar-refractivity contribution >= 4 is 15.9 Å². The van der Waals surface area contributed by atoms with Gasteiger partial charge in [-0.05, 0) is 19.1 Å². The van der Waals surface area contributed by atoms with Crippen molar-refractivity contribution < 1.29 is 9.47 Å². The van der Waals surface area contributed by atoms with Crippen LogP contribution in [0.15, 0.2) is 28.7 Å². The number of nitrogens with two attached hydrogens (primary N) is 1. The average Bonchev–Trinajstić information content (AvgIpc) is 2.62. The first-order chi connectivity index (χ1) is 7.14. The SMILES string of the molecule is CC1(c2cccc(Br)c2)OCC(CN)O1. The van der Waals surface area contributed by atoms with Gasteiger partial charge in [-0.15, -0.1) is 0 Å². The molecule has 1 aromatic carbocycles. The van der Waals surface area contributed by atoms with Crippen molar-refractivity contribution in [2.45, 2.75) is 18.8 Å². The molecule has 15 heavy (non-hydrogen) atoms. The standard InChI is InChI=1S/C11H14BrNO2/c1-11(14-7-10(6-13)15-11)8-3-2-4-9(12)5-8/h2-5,10H,6-7,13H2,1H3. The second kappa shape index (κ2) is 4.22. The molecule has 2 N–H and O–H groups in total. The maximum absolute atomic E-state index is 5.77. The summed E-state index contributed by atoms with van der Waals surface area (Å²) >= 11 is 3.43. The summed E-state index contributed by atoms with van der Waals surface area (Å²) in [7, 11) is 0. The van der Waals surface area contributed by atoms with E-state index in [1.165, 1.54) is 0 Å². The molecule has 3 nitrogen and oxygen atoms in total. The molecule has 1 aliphatic rings. The topological polar surface area (TPSA) is 44.5 Å². The lowest BCUT2D eigenvalue weighted by Gasteiger charge is -2.23. The molecule has 0 aromatic heterocycles. The number of rotatable bonds is 2.